The number of benzene rings is 2. The van der Waals surface area contributed by atoms with Crippen LogP contribution in [-0.4, -0.2) is 15.7 Å². The van der Waals surface area contributed by atoms with Crippen molar-refractivity contribution in [3.8, 4) is 11.8 Å². The molecular weight excluding hydrogens is 431 g/mol. The van der Waals surface area contributed by atoms with E-state index in [1.807, 2.05) is 12.1 Å². The molecule has 0 aliphatic heterocycles. The monoisotopic (exact) mass is 444 g/mol. The van der Waals surface area contributed by atoms with E-state index in [9.17, 15) is 10.1 Å². The minimum Gasteiger partial charge on any atom is -0.347 e. The molecule has 0 fully saturated rings. The summed E-state index contributed by atoms with van der Waals surface area (Å²) in [5.41, 5.74) is 2.53. The third kappa shape index (κ3) is 4.99. The summed E-state index contributed by atoms with van der Waals surface area (Å²) >= 11 is 18.4. The van der Waals surface area contributed by atoms with Crippen molar-refractivity contribution in [1.29, 1.82) is 5.26 Å². The van der Waals surface area contributed by atoms with Gasteiger partial charge in [-0.3, -0.25) is 4.79 Å². The van der Waals surface area contributed by atoms with Crippen LogP contribution < -0.4 is 5.32 Å². The summed E-state index contributed by atoms with van der Waals surface area (Å²) < 4.78 is 1.51. The van der Waals surface area contributed by atoms with Crippen molar-refractivity contribution in [3.63, 3.8) is 0 Å². The molecule has 0 unspecified atom stereocenters. The van der Waals surface area contributed by atoms with E-state index in [4.69, 9.17) is 34.8 Å². The number of carbonyl (C=O) groups excluding carboxylic acids is 1. The number of aryl methyl sites for hydroxylation is 1. The highest BCUT2D eigenvalue weighted by molar-refractivity contribution is 6.32. The number of carbonyl (C=O) groups is 1. The minimum atomic E-state index is -0.506. The number of aromatic nitrogens is 2. The van der Waals surface area contributed by atoms with Crippen LogP contribution in [0.25, 0.3) is 11.8 Å². The van der Waals surface area contributed by atoms with Gasteiger partial charge in [0.2, 0.25) is 0 Å². The van der Waals surface area contributed by atoms with Crippen LogP contribution in [-0.2, 0) is 11.3 Å². The topological polar surface area (TPSA) is 70.7 Å². The SMILES string of the molecule is Cc1nn(-c2cccc(Cl)c2)c(Cl)c1/C=C(/C#N)C(=O)NCc1ccc(Cl)cc1. The molecule has 3 aromatic rings. The van der Waals surface area contributed by atoms with Gasteiger partial charge in [-0.05, 0) is 48.9 Å². The Morgan fingerprint density at radius 1 is 1.17 bits per heavy atom. The van der Waals surface area contributed by atoms with Gasteiger partial charge in [-0.1, -0.05) is 53.0 Å². The number of nitrogens with zero attached hydrogens (tertiary/aromatic N) is 3. The van der Waals surface area contributed by atoms with Crippen LogP contribution >= 0.6 is 34.8 Å². The van der Waals surface area contributed by atoms with Crippen molar-refractivity contribution in [2.75, 3.05) is 0 Å². The molecule has 0 atom stereocenters. The van der Waals surface area contributed by atoms with Crippen molar-refractivity contribution in [2.45, 2.75) is 13.5 Å². The van der Waals surface area contributed by atoms with E-state index in [-0.39, 0.29) is 17.3 Å². The van der Waals surface area contributed by atoms with E-state index in [1.54, 1.807) is 49.4 Å². The first-order valence-corrected chi connectivity index (χ1v) is 9.68. The average molecular weight is 446 g/mol. The maximum Gasteiger partial charge on any atom is 0.262 e. The molecule has 0 radical (unpaired) electrons. The highest BCUT2D eigenvalue weighted by atomic mass is 35.5. The lowest BCUT2D eigenvalue weighted by Gasteiger charge is -2.05. The zero-order valence-corrected chi connectivity index (χ0v) is 17.6. The Balaban J connectivity index is 1.84. The van der Waals surface area contributed by atoms with E-state index in [0.29, 0.717) is 27.0 Å². The number of nitriles is 1. The zero-order chi connectivity index (χ0) is 21.0. The van der Waals surface area contributed by atoms with Gasteiger partial charge in [0, 0.05) is 22.2 Å². The Morgan fingerprint density at radius 3 is 2.55 bits per heavy atom. The molecule has 0 bridgehead atoms. The predicted molar refractivity (Wildman–Crippen MR) is 115 cm³/mol. The van der Waals surface area contributed by atoms with Gasteiger partial charge in [0.15, 0.2) is 0 Å². The quantitative estimate of drug-likeness (QED) is 0.424. The lowest BCUT2D eigenvalue weighted by Crippen LogP contribution is -2.23. The molecule has 0 spiro atoms. The van der Waals surface area contributed by atoms with Crippen molar-refractivity contribution >= 4 is 46.8 Å². The maximum atomic E-state index is 12.4. The standard InChI is InChI=1S/C21H15Cl3N4O/c1-13-19(20(24)28(27-13)18-4-2-3-17(23)10-18)9-15(11-25)21(29)26-12-14-5-7-16(22)8-6-14/h2-10H,12H2,1H3,(H,26,29)/b15-9-. The van der Waals surface area contributed by atoms with Crippen LogP contribution in [0.2, 0.25) is 15.2 Å². The van der Waals surface area contributed by atoms with Gasteiger partial charge in [-0.25, -0.2) is 4.68 Å². The summed E-state index contributed by atoms with van der Waals surface area (Å²) in [7, 11) is 0. The molecule has 0 saturated carbocycles. The molecule has 1 amide bonds. The van der Waals surface area contributed by atoms with Crippen LogP contribution in [0, 0.1) is 18.3 Å². The molecule has 0 aliphatic carbocycles. The molecule has 29 heavy (non-hydrogen) atoms. The van der Waals surface area contributed by atoms with Gasteiger partial charge in [0.1, 0.15) is 16.8 Å². The van der Waals surface area contributed by atoms with Gasteiger partial charge >= 0.3 is 0 Å². The molecule has 146 valence electrons. The van der Waals surface area contributed by atoms with E-state index in [2.05, 4.69) is 10.4 Å². The van der Waals surface area contributed by atoms with Crippen molar-refractivity contribution in [3.05, 3.63) is 86.1 Å². The number of halogens is 3. The summed E-state index contributed by atoms with van der Waals surface area (Å²) in [6.07, 6.45) is 1.43. The van der Waals surface area contributed by atoms with Crippen molar-refractivity contribution < 1.29 is 4.79 Å². The molecule has 2 aromatic carbocycles. The molecule has 3 rings (SSSR count). The van der Waals surface area contributed by atoms with Gasteiger partial charge < -0.3 is 5.32 Å². The summed E-state index contributed by atoms with van der Waals surface area (Å²) in [6, 6.07) is 16.0. The number of amides is 1. The Kier molecular flexibility index (Phi) is 6.60. The number of nitrogens with one attached hydrogen (secondary N) is 1. The lowest BCUT2D eigenvalue weighted by atomic mass is 10.1. The Labute approximate surface area is 183 Å². The number of hydrogen-bond donors (Lipinski definition) is 1. The fourth-order valence-electron chi connectivity index (χ4n) is 2.63. The summed E-state index contributed by atoms with van der Waals surface area (Å²) in [4.78, 5) is 12.4. The fraction of sp³-hybridized carbons (Fsp3) is 0.0952. The highest BCUT2D eigenvalue weighted by Crippen LogP contribution is 2.27. The van der Waals surface area contributed by atoms with Gasteiger partial charge in [-0.2, -0.15) is 10.4 Å². The normalized spacial score (nSPS) is 11.2. The summed E-state index contributed by atoms with van der Waals surface area (Å²) in [5, 5.41) is 18.0. The van der Waals surface area contributed by atoms with Gasteiger partial charge in [0.25, 0.3) is 5.91 Å². The molecule has 0 saturated heterocycles. The number of rotatable bonds is 5. The Morgan fingerprint density at radius 2 is 1.90 bits per heavy atom. The van der Waals surface area contributed by atoms with Gasteiger partial charge in [-0.15, -0.1) is 0 Å². The molecule has 0 aliphatic rings. The molecule has 1 N–H and O–H groups in total. The van der Waals surface area contributed by atoms with Crippen LogP contribution in [0.5, 0.6) is 0 Å². The molecule has 1 heterocycles. The second-order valence-electron chi connectivity index (χ2n) is 6.16. The highest BCUT2D eigenvalue weighted by Gasteiger charge is 2.16. The Bertz CT molecular complexity index is 1130. The largest absolute Gasteiger partial charge is 0.347 e. The maximum absolute atomic E-state index is 12.4. The van der Waals surface area contributed by atoms with Crippen LogP contribution in [0.3, 0.4) is 0 Å². The molecule has 1 aromatic heterocycles. The first-order chi connectivity index (χ1) is 13.9. The average Bonchev–Trinajstić information content (AvgIpc) is 2.99. The van der Waals surface area contributed by atoms with E-state index < -0.39 is 5.91 Å². The minimum absolute atomic E-state index is 0.0744. The van der Waals surface area contributed by atoms with Crippen LogP contribution in [0.4, 0.5) is 0 Å². The smallest absolute Gasteiger partial charge is 0.262 e. The van der Waals surface area contributed by atoms with E-state index in [1.165, 1.54) is 10.8 Å². The molecule has 8 heteroatoms. The van der Waals surface area contributed by atoms with E-state index in [0.717, 1.165) is 5.56 Å². The fourth-order valence-corrected chi connectivity index (χ4v) is 3.26. The zero-order valence-electron chi connectivity index (χ0n) is 15.3. The third-order valence-corrected chi connectivity index (χ3v) is 4.97. The van der Waals surface area contributed by atoms with Gasteiger partial charge in [0.05, 0.1) is 11.4 Å². The summed E-state index contributed by atoms with van der Waals surface area (Å²) in [5.74, 6) is -0.506. The lowest BCUT2D eigenvalue weighted by molar-refractivity contribution is -0.117. The number of hydrogen-bond acceptors (Lipinski definition) is 3. The van der Waals surface area contributed by atoms with Crippen molar-refractivity contribution in [1.82, 2.24) is 15.1 Å². The third-order valence-electron chi connectivity index (χ3n) is 4.12. The summed E-state index contributed by atoms with van der Waals surface area (Å²) in [6.45, 7) is 2.02. The predicted octanol–water partition coefficient (Wildman–Crippen LogP) is 5.36. The second-order valence-corrected chi connectivity index (χ2v) is 7.39. The van der Waals surface area contributed by atoms with Crippen LogP contribution in [0.1, 0.15) is 16.8 Å². The van der Waals surface area contributed by atoms with Crippen LogP contribution in [0.15, 0.2) is 54.1 Å². The second kappa shape index (κ2) is 9.15. The Hall–Kier alpha value is -2.78. The first kappa shape index (κ1) is 20.9. The van der Waals surface area contributed by atoms with E-state index >= 15 is 0 Å². The first-order valence-electron chi connectivity index (χ1n) is 8.54. The molecule has 5 nitrogen and oxygen atoms in total. The molecular formula is C21H15Cl3N4O. The van der Waals surface area contributed by atoms with Crippen molar-refractivity contribution in [2.24, 2.45) is 0 Å².